The van der Waals surface area contributed by atoms with Crippen LogP contribution in [-0.2, 0) is 11.3 Å². The summed E-state index contributed by atoms with van der Waals surface area (Å²) in [5.41, 5.74) is 0.842. The molecule has 1 unspecified atom stereocenters. The van der Waals surface area contributed by atoms with Gasteiger partial charge in [-0.25, -0.2) is 9.78 Å². The molecule has 3 rings (SSSR count). The summed E-state index contributed by atoms with van der Waals surface area (Å²) in [7, 11) is 0. The molecule has 1 atom stereocenters. The molecule has 1 aromatic rings. The number of hydrogen-bond donors (Lipinski definition) is 2. The van der Waals surface area contributed by atoms with Crippen molar-refractivity contribution < 1.29 is 14.3 Å². The maximum Gasteiger partial charge on any atom is 0.315 e. The highest BCUT2D eigenvalue weighted by atomic mass is 16.5. The van der Waals surface area contributed by atoms with Crippen molar-refractivity contribution in [1.29, 1.82) is 0 Å². The smallest absolute Gasteiger partial charge is 0.315 e. The summed E-state index contributed by atoms with van der Waals surface area (Å²) in [6, 6.07) is 2.84. The van der Waals surface area contributed by atoms with Crippen LogP contribution in [0.3, 0.4) is 0 Å². The highest BCUT2D eigenvalue weighted by molar-refractivity contribution is 5.86. The van der Waals surface area contributed by atoms with Crippen LogP contribution in [0.4, 0.5) is 4.79 Å². The maximum atomic E-state index is 12.4. The molecule has 0 aromatic carbocycles. The summed E-state index contributed by atoms with van der Waals surface area (Å²) in [6.07, 6.45) is 9.66. The van der Waals surface area contributed by atoms with E-state index in [0.29, 0.717) is 12.4 Å². The summed E-state index contributed by atoms with van der Waals surface area (Å²) >= 11 is 0. The zero-order valence-corrected chi connectivity index (χ0v) is 16.1. The average molecular weight is 374 g/mol. The molecule has 0 bridgehead atoms. The minimum atomic E-state index is -0.536. The summed E-state index contributed by atoms with van der Waals surface area (Å²) < 4.78 is 5.99. The molecule has 1 aliphatic carbocycles. The largest absolute Gasteiger partial charge is 0.474 e. The lowest BCUT2D eigenvalue weighted by atomic mass is 10.1. The van der Waals surface area contributed by atoms with Gasteiger partial charge in [-0.1, -0.05) is 6.07 Å². The molecular formula is C20H30N4O3. The molecule has 1 saturated carbocycles. The van der Waals surface area contributed by atoms with E-state index in [1.165, 1.54) is 19.3 Å². The van der Waals surface area contributed by atoms with Crippen LogP contribution in [0.2, 0.25) is 0 Å². The quantitative estimate of drug-likeness (QED) is 0.802. The second kappa shape index (κ2) is 9.58. The standard InChI is InChI=1S/C20H30N4O3/c1-15(19(25)24-12-5-2-6-13-24)23-20(26)22-14-16-8-7-11-21-18(16)27-17-9-3-4-10-17/h7-8,11,15,17H,2-6,9-10,12-14H2,1H3,(H2,22,23,26). The van der Waals surface area contributed by atoms with E-state index in [4.69, 9.17) is 4.74 Å². The number of nitrogens with one attached hydrogen (secondary N) is 2. The Morgan fingerprint density at radius 1 is 1.22 bits per heavy atom. The number of carbonyl (C=O) groups excluding carboxylic acids is 2. The van der Waals surface area contributed by atoms with Gasteiger partial charge in [0.1, 0.15) is 12.1 Å². The van der Waals surface area contributed by atoms with Crippen molar-refractivity contribution in [2.24, 2.45) is 0 Å². The molecule has 148 valence electrons. The van der Waals surface area contributed by atoms with Gasteiger partial charge in [-0.15, -0.1) is 0 Å². The van der Waals surface area contributed by atoms with Crippen LogP contribution in [0.1, 0.15) is 57.4 Å². The van der Waals surface area contributed by atoms with E-state index in [1.807, 2.05) is 17.0 Å². The molecule has 2 heterocycles. The van der Waals surface area contributed by atoms with Gasteiger partial charge in [0.25, 0.3) is 0 Å². The molecule has 2 fully saturated rings. The van der Waals surface area contributed by atoms with Crippen LogP contribution in [-0.4, -0.2) is 47.1 Å². The summed E-state index contributed by atoms with van der Waals surface area (Å²) in [4.78, 5) is 30.8. The van der Waals surface area contributed by atoms with Gasteiger partial charge < -0.3 is 20.3 Å². The first-order valence-corrected chi connectivity index (χ1v) is 10.1. The van der Waals surface area contributed by atoms with Gasteiger partial charge in [0.2, 0.25) is 11.8 Å². The lowest BCUT2D eigenvalue weighted by Crippen LogP contribution is -2.50. The second-order valence-electron chi connectivity index (χ2n) is 7.43. The van der Waals surface area contributed by atoms with Crippen LogP contribution in [0.15, 0.2) is 18.3 Å². The van der Waals surface area contributed by atoms with Crippen molar-refractivity contribution in [2.45, 2.75) is 70.6 Å². The average Bonchev–Trinajstić information content (AvgIpc) is 3.20. The van der Waals surface area contributed by atoms with Crippen LogP contribution < -0.4 is 15.4 Å². The van der Waals surface area contributed by atoms with Gasteiger partial charge in [-0.3, -0.25) is 4.79 Å². The molecule has 27 heavy (non-hydrogen) atoms. The zero-order valence-electron chi connectivity index (χ0n) is 16.1. The number of ether oxygens (including phenoxy) is 1. The summed E-state index contributed by atoms with van der Waals surface area (Å²) in [5, 5.41) is 5.55. The number of nitrogens with zero attached hydrogens (tertiary/aromatic N) is 2. The number of likely N-dealkylation sites (tertiary alicyclic amines) is 1. The number of pyridine rings is 1. The number of piperidine rings is 1. The molecule has 7 nitrogen and oxygen atoms in total. The lowest BCUT2D eigenvalue weighted by Gasteiger charge is -2.29. The Morgan fingerprint density at radius 2 is 1.96 bits per heavy atom. The van der Waals surface area contributed by atoms with E-state index in [1.54, 1.807) is 13.1 Å². The topological polar surface area (TPSA) is 83.6 Å². The van der Waals surface area contributed by atoms with E-state index in [-0.39, 0.29) is 18.0 Å². The van der Waals surface area contributed by atoms with Gasteiger partial charge in [0, 0.05) is 31.4 Å². The highest BCUT2D eigenvalue weighted by Crippen LogP contribution is 2.24. The van der Waals surface area contributed by atoms with E-state index in [0.717, 1.165) is 44.3 Å². The van der Waals surface area contributed by atoms with Gasteiger partial charge >= 0.3 is 6.03 Å². The number of rotatable bonds is 6. The van der Waals surface area contributed by atoms with Gasteiger partial charge in [-0.05, 0) is 57.9 Å². The first kappa shape index (κ1) is 19.5. The highest BCUT2D eigenvalue weighted by Gasteiger charge is 2.23. The Kier molecular flexibility index (Phi) is 6.90. The normalized spacial score (nSPS) is 18.8. The lowest BCUT2D eigenvalue weighted by molar-refractivity contribution is -0.133. The fourth-order valence-corrected chi connectivity index (χ4v) is 3.70. The molecule has 1 saturated heterocycles. The molecule has 0 spiro atoms. The first-order chi connectivity index (χ1) is 13.1. The van der Waals surface area contributed by atoms with Gasteiger partial charge in [0.15, 0.2) is 0 Å². The molecule has 1 aromatic heterocycles. The Hall–Kier alpha value is -2.31. The van der Waals surface area contributed by atoms with Crippen molar-refractivity contribution in [1.82, 2.24) is 20.5 Å². The SMILES string of the molecule is CC(NC(=O)NCc1cccnc1OC1CCCC1)C(=O)N1CCCCC1. The fraction of sp³-hybridized carbons (Fsp3) is 0.650. The van der Waals surface area contributed by atoms with E-state index < -0.39 is 6.04 Å². The second-order valence-corrected chi connectivity index (χ2v) is 7.43. The third-order valence-corrected chi connectivity index (χ3v) is 5.26. The minimum Gasteiger partial charge on any atom is -0.474 e. The van der Waals surface area contributed by atoms with Crippen molar-refractivity contribution in [2.75, 3.05) is 13.1 Å². The number of aromatic nitrogens is 1. The molecule has 0 radical (unpaired) electrons. The zero-order chi connectivity index (χ0) is 19.1. The van der Waals surface area contributed by atoms with Crippen molar-refractivity contribution >= 4 is 11.9 Å². The van der Waals surface area contributed by atoms with E-state index in [9.17, 15) is 9.59 Å². The van der Waals surface area contributed by atoms with E-state index >= 15 is 0 Å². The van der Waals surface area contributed by atoms with Crippen molar-refractivity contribution in [3.63, 3.8) is 0 Å². The number of carbonyl (C=O) groups is 2. The van der Waals surface area contributed by atoms with Crippen LogP contribution in [0.5, 0.6) is 5.88 Å². The molecule has 3 amide bonds. The van der Waals surface area contributed by atoms with Gasteiger partial charge in [0.05, 0.1) is 0 Å². The molecule has 7 heteroatoms. The molecule has 2 aliphatic rings. The van der Waals surface area contributed by atoms with Gasteiger partial charge in [-0.2, -0.15) is 0 Å². The third-order valence-electron chi connectivity index (χ3n) is 5.26. The molecular weight excluding hydrogens is 344 g/mol. The fourth-order valence-electron chi connectivity index (χ4n) is 3.70. The first-order valence-electron chi connectivity index (χ1n) is 10.1. The Bertz CT molecular complexity index is 640. The summed E-state index contributed by atoms with van der Waals surface area (Å²) in [5.74, 6) is 0.568. The Morgan fingerprint density at radius 3 is 2.70 bits per heavy atom. The number of hydrogen-bond acceptors (Lipinski definition) is 4. The van der Waals surface area contributed by atoms with Crippen LogP contribution in [0, 0.1) is 0 Å². The summed E-state index contributed by atoms with van der Waals surface area (Å²) in [6.45, 7) is 3.61. The predicted octanol–water partition coefficient (Wildman–Crippen LogP) is 2.60. The number of urea groups is 1. The number of amides is 3. The molecule has 2 N–H and O–H groups in total. The maximum absolute atomic E-state index is 12.4. The van der Waals surface area contributed by atoms with Crippen LogP contribution in [0.25, 0.3) is 0 Å². The minimum absolute atomic E-state index is 0.0171. The van der Waals surface area contributed by atoms with Crippen LogP contribution >= 0.6 is 0 Å². The van der Waals surface area contributed by atoms with E-state index in [2.05, 4.69) is 15.6 Å². The van der Waals surface area contributed by atoms with Crippen molar-refractivity contribution in [3.8, 4) is 5.88 Å². The predicted molar refractivity (Wildman–Crippen MR) is 102 cm³/mol. The third kappa shape index (κ3) is 5.58. The monoisotopic (exact) mass is 374 g/mol. The van der Waals surface area contributed by atoms with Crippen molar-refractivity contribution in [3.05, 3.63) is 23.9 Å². The Balaban J connectivity index is 1.47. The Labute approximate surface area is 160 Å². The molecule has 1 aliphatic heterocycles.